The maximum atomic E-state index is 12.3. The molecule has 0 saturated heterocycles. The van der Waals surface area contributed by atoms with Crippen molar-refractivity contribution >= 4 is 0 Å². The molecule has 0 amide bonds. The van der Waals surface area contributed by atoms with E-state index in [4.69, 9.17) is 9.47 Å². The maximum absolute atomic E-state index is 12.3. The van der Waals surface area contributed by atoms with Gasteiger partial charge in [0.05, 0.1) is 7.11 Å². The summed E-state index contributed by atoms with van der Waals surface area (Å²) in [5, 5.41) is 3.38. The molecule has 0 unspecified atom stereocenters. The Morgan fingerprint density at radius 2 is 1.86 bits per heavy atom. The number of benzene rings is 2. The van der Waals surface area contributed by atoms with Crippen molar-refractivity contribution in [1.29, 1.82) is 0 Å². The number of fused-ring (bicyclic) bond motifs is 1. The Kier molecular flexibility index (Phi) is 6.80. The molecule has 1 aliphatic heterocycles. The van der Waals surface area contributed by atoms with Crippen LogP contribution in [0, 0.1) is 0 Å². The third-order valence-corrected chi connectivity index (χ3v) is 4.76. The van der Waals surface area contributed by atoms with Crippen LogP contribution in [0.4, 0.5) is 13.2 Å². The van der Waals surface area contributed by atoms with Crippen molar-refractivity contribution in [2.75, 3.05) is 33.4 Å². The van der Waals surface area contributed by atoms with E-state index in [9.17, 15) is 13.2 Å². The van der Waals surface area contributed by atoms with Crippen LogP contribution < -0.4 is 14.8 Å². The van der Waals surface area contributed by atoms with Gasteiger partial charge in [-0.2, -0.15) is 13.2 Å². The molecule has 0 spiro atoms. The molecule has 1 heterocycles. The van der Waals surface area contributed by atoms with Crippen LogP contribution >= 0.6 is 0 Å². The average molecular weight is 394 g/mol. The first-order chi connectivity index (χ1) is 13.4. The van der Waals surface area contributed by atoms with Crippen molar-refractivity contribution in [3.63, 3.8) is 0 Å². The summed E-state index contributed by atoms with van der Waals surface area (Å²) >= 11 is 0. The molecule has 1 N–H and O–H groups in total. The number of hydrogen-bond acceptors (Lipinski definition) is 4. The van der Waals surface area contributed by atoms with Crippen molar-refractivity contribution in [3.8, 4) is 11.5 Å². The van der Waals surface area contributed by atoms with Crippen LogP contribution in [0.25, 0.3) is 0 Å². The van der Waals surface area contributed by atoms with Gasteiger partial charge in [0, 0.05) is 32.7 Å². The second-order valence-corrected chi connectivity index (χ2v) is 6.86. The molecule has 1 aliphatic rings. The Morgan fingerprint density at radius 1 is 1.07 bits per heavy atom. The smallest absolute Gasteiger partial charge is 0.422 e. The standard InChI is InChI=1S/C21H25F3N2O2/c1-27-20-12-16(6-7-19(20)28-15-21(22,23)24)13-25-9-11-26-10-8-17-4-2-3-5-18(17)14-26/h2-7,12,25H,8-11,13-15H2,1H3. The Balaban J connectivity index is 1.45. The number of ether oxygens (including phenoxy) is 2. The summed E-state index contributed by atoms with van der Waals surface area (Å²) in [6, 6.07) is 13.5. The monoisotopic (exact) mass is 394 g/mol. The van der Waals surface area contributed by atoms with Gasteiger partial charge in [-0.1, -0.05) is 30.3 Å². The zero-order valence-electron chi connectivity index (χ0n) is 15.9. The SMILES string of the molecule is COc1cc(CNCCN2CCc3ccccc3C2)ccc1OCC(F)(F)F. The predicted octanol–water partition coefficient (Wildman–Crippen LogP) is 3.78. The third-order valence-electron chi connectivity index (χ3n) is 4.76. The molecule has 2 aromatic carbocycles. The van der Waals surface area contributed by atoms with E-state index in [1.165, 1.54) is 24.3 Å². The average Bonchev–Trinajstić information content (AvgIpc) is 2.69. The van der Waals surface area contributed by atoms with E-state index >= 15 is 0 Å². The molecule has 28 heavy (non-hydrogen) atoms. The summed E-state index contributed by atoms with van der Waals surface area (Å²) < 4.78 is 46.9. The van der Waals surface area contributed by atoms with Gasteiger partial charge in [-0.3, -0.25) is 4.90 Å². The fourth-order valence-electron chi connectivity index (χ4n) is 3.32. The lowest BCUT2D eigenvalue weighted by Crippen LogP contribution is -2.35. The lowest BCUT2D eigenvalue weighted by atomic mass is 10.00. The highest BCUT2D eigenvalue weighted by atomic mass is 19.4. The van der Waals surface area contributed by atoms with Gasteiger partial charge in [0.15, 0.2) is 18.1 Å². The van der Waals surface area contributed by atoms with E-state index in [0.717, 1.165) is 38.2 Å². The first-order valence-electron chi connectivity index (χ1n) is 9.31. The number of nitrogens with zero attached hydrogens (tertiary/aromatic N) is 1. The van der Waals surface area contributed by atoms with E-state index < -0.39 is 12.8 Å². The van der Waals surface area contributed by atoms with Crippen LogP contribution in [0.15, 0.2) is 42.5 Å². The fourth-order valence-corrected chi connectivity index (χ4v) is 3.32. The Morgan fingerprint density at radius 3 is 2.61 bits per heavy atom. The molecular weight excluding hydrogens is 369 g/mol. The summed E-state index contributed by atoms with van der Waals surface area (Å²) in [7, 11) is 1.42. The first-order valence-corrected chi connectivity index (χ1v) is 9.31. The van der Waals surface area contributed by atoms with Crippen LogP contribution in [0.2, 0.25) is 0 Å². The van der Waals surface area contributed by atoms with Gasteiger partial charge in [0.1, 0.15) is 0 Å². The second kappa shape index (κ2) is 9.30. The number of rotatable bonds is 8. The molecule has 2 aromatic rings. The highest BCUT2D eigenvalue weighted by Gasteiger charge is 2.29. The zero-order valence-corrected chi connectivity index (χ0v) is 15.9. The lowest BCUT2D eigenvalue weighted by molar-refractivity contribution is -0.153. The molecule has 0 saturated carbocycles. The van der Waals surface area contributed by atoms with Crippen molar-refractivity contribution in [3.05, 3.63) is 59.2 Å². The molecule has 0 bridgehead atoms. The fraction of sp³-hybridized carbons (Fsp3) is 0.429. The van der Waals surface area contributed by atoms with Gasteiger partial charge in [-0.15, -0.1) is 0 Å². The largest absolute Gasteiger partial charge is 0.493 e. The van der Waals surface area contributed by atoms with Gasteiger partial charge in [0.2, 0.25) is 0 Å². The molecule has 0 atom stereocenters. The van der Waals surface area contributed by atoms with Crippen LogP contribution in [-0.4, -0.2) is 44.4 Å². The minimum Gasteiger partial charge on any atom is -0.493 e. The van der Waals surface area contributed by atoms with E-state index in [1.807, 2.05) is 0 Å². The molecule has 3 rings (SSSR count). The third kappa shape index (κ3) is 5.87. The van der Waals surface area contributed by atoms with Gasteiger partial charge >= 0.3 is 6.18 Å². The highest BCUT2D eigenvalue weighted by Crippen LogP contribution is 2.29. The number of methoxy groups -OCH3 is 1. The molecular formula is C21H25F3N2O2. The quantitative estimate of drug-likeness (QED) is 0.691. The maximum Gasteiger partial charge on any atom is 0.422 e. The van der Waals surface area contributed by atoms with Gasteiger partial charge < -0.3 is 14.8 Å². The summed E-state index contributed by atoms with van der Waals surface area (Å²) in [5.74, 6) is 0.395. The van der Waals surface area contributed by atoms with Crippen LogP contribution in [0.5, 0.6) is 11.5 Å². The number of nitrogens with one attached hydrogen (secondary N) is 1. The normalized spacial score (nSPS) is 14.6. The minimum absolute atomic E-state index is 0.0931. The Labute approximate surface area is 163 Å². The van der Waals surface area contributed by atoms with Crippen LogP contribution in [0.3, 0.4) is 0 Å². The number of halogens is 3. The van der Waals surface area contributed by atoms with Crippen molar-refractivity contribution in [1.82, 2.24) is 10.2 Å². The molecule has 0 radical (unpaired) electrons. The van der Waals surface area contributed by atoms with Crippen molar-refractivity contribution in [2.24, 2.45) is 0 Å². The van der Waals surface area contributed by atoms with E-state index in [-0.39, 0.29) is 5.75 Å². The predicted molar refractivity (Wildman–Crippen MR) is 102 cm³/mol. The molecule has 0 aliphatic carbocycles. The zero-order chi connectivity index (χ0) is 20.0. The lowest BCUT2D eigenvalue weighted by Gasteiger charge is -2.28. The molecule has 152 valence electrons. The summed E-state index contributed by atoms with van der Waals surface area (Å²) in [6.45, 7) is 3.07. The van der Waals surface area contributed by atoms with Crippen molar-refractivity contribution < 1.29 is 22.6 Å². The summed E-state index contributed by atoms with van der Waals surface area (Å²) in [4.78, 5) is 2.42. The molecule has 0 fully saturated rings. The van der Waals surface area contributed by atoms with E-state index in [2.05, 4.69) is 34.5 Å². The van der Waals surface area contributed by atoms with E-state index in [0.29, 0.717) is 12.3 Å². The summed E-state index contributed by atoms with van der Waals surface area (Å²) in [5.41, 5.74) is 3.76. The number of hydrogen-bond donors (Lipinski definition) is 1. The second-order valence-electron chi connectivity index (χ2n) is 6.86. The Bertz CT molecular complexity index is 780. The van der Waals surface area contributed by atoms with Gasteiger partial charge in [0.25, 0.3) is 0 Å². The van der Waals surface area contributed by atoms with E-state index in [1.54, 1.807) is 12.1 Å². The first kappa shape index (κ1) is 20.5. The number of alkyl halides is 3. The molecule has 7 heteroatoms. The van der Waals surface area contributed by atoms with Crippen LogP contribution in [0.1, 0.15) is 16.7 Å². The summed E-state index contributed by atoms with van der Waals surface area (Å²) in [6.07, 6.45) is -3.30. The topological polar surface area (TPSA) is 33.7 Å². The highest BCUT2D eigenvalue weighted by molar-refractivity contribution is 5.43. The minimum atomic E-state index is -4.37. The van der Waals surface area contributed by atoms with Gasteiger partial charge in [-0.25, -0.2) is 0 Å². The molecule has 0 aromatic heterocycles. The van der Waals surface area contributed by atoms with Crippen LogP contribution in [-0.2, 0) is 19.5 Å². The van der Waals surface area contributed by atoms with Crippen molar-refractivity contribution in [2.45, 2.75) is 25.7 Å². The Hall–Kier alpha value is -2.25. The molecule has 4 nitrogen and oxygen atoms in total. The van der Waals surface area contributed by atoms with Gasteiger partial charge in [-0.05, 0) is 35.2 Å².